The highest BCUT2D eigenvalue weighted by Gasteiger charge is 2.16. The van der Waals surface area contributed by atoms with Crippen LogP contribution in [0, 0.1) is 0 Å². The number of benzene rings is 1. The van der Waals surface area contributed by atoms with Crippen molar-refractivity contribution in [2.24, 2.45) is 5.73 Å². The zero-order valence-corrected chi connectivity index (χ0v) is 9.21. The van der Waals surface area contributed by atoms with Gasteiger partial charge in [-0.3, -0.25) is 0 Å². The maximum absolute atomic E-state index is 9.69. The van der Waals surface area contributed by atoms with E-state index < -0.39 is 12.2 Å². The van der Waals surface area contributed by atoms with Gasteiger partial charge in [0.2, 0.25) is 0 Å². The van der Waals surface area contributed by atoms with Crippen LogP contribution in [0.15, 0.2) is 24.3 Å². The van der Waals surface area contributed by atoms with Crippen LogP contribution in [-0.2, 0) is 6.42 Å². The molecular formula is C12H19NO3. The van der Waals surface area contributed by atoms with Gasteiger partial charge in [0.1, 0.15) is 6.10 Å². The minimum atomic E-state index is -0.933. The minimum Gasteiger partial charge on any atom is -0.396 e. The summed E-state index contributed by atoms with van der Waals surface area (Å²) in [5.74, 6) is 0. The molecule has 0 radical (unpaired) electrons. The molecule has 4 nitrogen and oxygen atoms in total. The molecule has 0 aromatic heterocycles. The van der Waals surface area contributed by atoms with Crippen LogP contribution in [0.3, 0.4) is 0 Å². The Hall–Kier alpha value is -0.940. The van der Waals surface area contributed by atoms with Crippen LogP contribution < -0.4 is 5.73 Å². The maximum Gasteiger partial charge on any atom is 0.106 e. The molecule has 0 heterocycles. The van der Waals surface area contributed by atoms with E-state index in [1.165, 1.54) is 0 Å². The van der Waals surface area contributed by atoms with Gasteiger partial charge < -0.3 is 21.1 Å². The van der Waals surface area contributed by atoms with Gasteiger partial charge in [-0.15, -0.1) is 0 Å². The number of aryl methyl sites for hydroxylation is 1. The largest absolute Gasteiger partial charge is 0.396 e. The first-order chi connectivity index (χ1) is 7.69. The topological polar surface area (TPSA) is 86.7 Å². The Morgan fingerprint density at radius 1 is 1.12 bits per heavy atom. The molecule has 4 heteroatoms. The van der Waals surface area contributed by atoms with Gasteiger partial charge >= 0.3 is 0 Å². The Bertz CT molecular complexity index is 300. The van der Waals surface area contributed by atoms with Gasteiger partial charge in [0.15, 0.2) is 0 Å². The van der Waals surface area contributed by atoms with E-state index in [0.717, 1.165) is 18.4 Å². The quantitative estimate of drug-likeness (QED) is 0.547. The van der Waals surface area contributed by atoms with Crippen LogP contribution >= 0.6 is 0 Å². The summed E-state index contributed by atoms with van der Waals surface area (Å²) in [6.07, 6.45) is -0.320. The van der Waals surface area contributed by atoms with Crippen molar-refractivity contribution in [3.63, 3.8) is 0 Å². The lowest BCUT2D eigenvalue weighted by molar-refractivity contribution is 0.0243. The lowest BCUT2D eigenvalue weighted by Gasteiger charge is -2.16. The Morgan fingerprint density at radius 3 is 2.25 bits per heavy atom. The fraction of sp³-hybridized carbons (Fsp3) is 0.500. The van der Waals surface area contributed by atoms with E-state index in [1.807, 2.05) is 12.1 Å². The third-order valence-electron chi connectivity index (χ3n) is 2.55. The molecule has 2 unspecified atom stereocenters. The molecule has 5 N–H and O–H groups in total. The van der Waals surface area contributed by atoms with Crippen LogP contribution in [0.1, 0.15) is 23.7 Å². The van der Waals surface area contributed by atoms with E-state index in [-0.39, 0.29) is 13.2 Å². The van der Waals surface area contributed by atoms with Crippen LogP contribution in [0.25, 0.3) is 0 Å². The molecule has 90 valence electrons. The number of aliphatic hydroxyl groups excluding tert-OH is 3. The summed E-state index contributed by atoms with van der Waals surface area (Å²) in [7, 11) is 0. The van der Waals surface area contributed by atoms with Crippen molar-refractivity contribution in [1.29, 1.82) is 0 Å². The lowest BCUT2D eigenvalue weighted by Crippen LogP contribution is -2.27. The van der Waals surface area contributed by atoms with Gasteiger partial charge in [-0.05, 0) is 24.0 Å². The molecule has 1 aromatic carbocycles. The molecule has 0 saturated carbocycles. The molecule has 1 aromatic rings. The van der Waals surface area contributed by atoms with Gasteiger partial charge in [-0.25, -0.2) is 0 Å². The summed E-state index contributed by atoms with van der Waals surface area (Å²) in [6, 6.07) is 7.32. The molecule has 0 amide bonds. The number of nitrogens with two attached hydrogens (primary N) is 1. The molecule has 0 aliphatic carbocycles. The van der Waals surface area contributed by atoms with Crippen molar-refractivity contribution in [2.75, 3.05) is 13.2 Å². The van der Waals surface area contributed by atoms with Crippen molar-refractivity contribution in [2.45, 2.75) is 25.0 Å². The van der Waals surface area contributed by atoms with E-state index in [0.29, 0.717) is 5.56 Å². The summed E-state index contributed by atoms with van der Waals surface area (Å²) in [6.45, 7) is 0.212. The Balaban J connectivity index is 2.63. The second-order valence-corrected chi connectivity index (χ2v) is 3.82. The van der Waals surface area contributed by atoms with Crippen molar-refractivity contribution >= 4 is 0 Å². The third kappa shape index (κ3) is 3.57. The molecule has 0 spiro atoms. The zero-order chi connectivity index (χ0) is 12.0. The van der Waals surface area contributed by atoms with Crippen molar-refractivity contribution in [1.82, 2.24) is 0 Å². The van der Waals surface area contributed by atoms with Gasteiger partial charge in [-0.2, -0.15) is 0 Å². The highest BCUT2D eigenvalue weighted by atomic mass is 16.3. The average molecular weight is 225 g/mol. The molecule has 2 atom stereocenters. The number of aliphatic hydroxyl groups is 3. The van der Waals surface area contributed by atoms with Crippen LogP contribution in [0.5, 0.6) is 0 Å². The predicted octanol–water partition coefficient (Wildman–Crippen LogP) is -0.0355. The van der Waals surface area contributed by atoms with Crippen molar-refractivity contribution < 1.29 is 15.3 Å². The van der Waals surface area contributed by atoms with E-state index in [2.05, 4.69) is 0 Å². The van der Waals surface area contributed by atoms with E-state index in [4.69, 9.17) is 10.8 Å². The minimum absolute atomic E-state index is 0.0351. The number of rotatable bonds is 6. The highest BCUT2D eigenvalue weighted by Crippen LogP contribution is 2.17. The number of hydrogen-bond acceptors (Lipinski definition) is 4. The smallest absolute Gasteiger partial charge is 0.106 e. The molecule has 0 fully saturated rings. The van der Waals surface area contributed by atoms with Crippen LogP contribution in [-0.4, -0.2) is 34.6 Å². The molecular weight excluding hydrogens is 206 g/mol. The molecule has 0 saturated heterocycles. The van der Waals surface area contributed by atoms with Crippen molar-refractivity contribution in [3.05, 3.63) is 35.4 Å². The Labute approximate surface area is 95.3 Å². The maximum atomic E-state index is 9.69. The summed E-state index contributed by atoms with van der Waals surface area (Å²) in [4.78, 5) is 0. The normalized spacial score (nSPS) is 14.8. The summed E-state index contributed by atoms with van der Waals surface area (Å²) >= 11 is 0. The Kier molecular flexibility index (Phi) is 5.42. The summed E-state index contributed by atoms with van der Waals surface area (Å²) in [5.41, 5.74) is 7.03. The average Bonchev–Trinajstić information content (AvgIpc) is 2.35. The second-order valence-electron chi connectivity index (χ2n) is 3.82. The third-order valence-corrected chi connectivity index (χ3v) is 2.55. The fourth-order valence-corrected chi connectivity index (χ4v) is 1.52. The van der Waals surface area contributed by atoms with E-state index in [9.17, 15) is 10.2 Å². The molecule has 0 aliphatic rings. The monoisotopic (exact) mass is 225 g/mol. The first-order valence-corrected chi connectivity index (χ1v) is 5.45. The predicted molar refractivity (Wildman–Crippen MR) is 61.9 cm³/mol. The van der Waals surface area contributed by atoms with Crippen LogP contribution in [0.4, 0.5) is 0 Å². The van der Waals surface area contributed by atoms with Crippen LogP contribution in [0.2, 0.25) is 0 Å². The first kappa shape index (κ1) is 13.1. The first-order valence-electron chi connectivity index (χ1n) is 5.45. The lowest BCUT2D eigenvalue weighted by atomic mass is 10.0. The second kappa shape index (κ2) is 6.60. The molecule has 16 heavy (non-hydrogen) atoms. The van der Waals surface area contributed by atoms with Crippen molar-refractivity contribution in [3.8, 4) is 0 Å². The van der Waals surface area contributed by atoms with E-state index in [1.54, 1.807) is 12.1 Å². The zero-order valence-electron chi connectivity index (χ0n) is 9.21. The van der Waals surface area contributed by atoms with Gasteiger partial charge in [0.25, 0.3) is 0 Å². The van der Waals surface area contributed by atoms with Gasteiger partial charge in [-0.1, -0.05) is 24.3 Å². The molecule has 0 aliphatic heterocycles. The Morgan fingerprint density at radius 2 is 1.75 bits per heavy atom. The molecule has 0 bridgehead atoms. The fourth-order valence-electron chi connectivity index (χ4n) is 1.52. The highest BCUT2D eigenvalue weighted by molar-refractivity contribution is 5.24. The van der Waals surface area contributed by atoms with E-state index >= 15 is 0 Å². The summed E-state index contributed by atoms with van der Waals surface area (Å²) < 4.78 is 0. The van der Waals surface area contributed by atoms with Gasteiger partial charge in [0.05, 0.1) is 6.10 Å². The SMILES string of the molecule is NCC(O)C(O)c1ccc(CCCO)cc1. The summed E-state index contributed by atoms with van der Waals surface area (Å²) in [5, 5.41) is 27.8. The standard InChI is InChI=1S/C12H19NO3/c13-8-11(15)12(16)10-5-3-9(4-6-10)2-1-7-14/h3-6,11-12,14-16H,1-2,7-8,13H2. The van der Waals surface area contributed by atoms with Gasteiger partial charge in [0, 0.05) is 13.2 Å². The number of hydrogen-bond donors (Lipinski definition) is 4. The molecule has 1 rings (SSSR count).